The van der Waals surface area contributed by atoms with Crippen LogP contribution in [0.25, 0.3) is 0 Å². The molecular weight excluding hydrogens is 259 g/mol. The second kappa shape index (κ2) is 6.82. The van der Waals surface area contributed by atoms with Crippen LogP contribution < -0.4 is 5.32 Å². The number of anilines is 1. The van der Waals surface area contributed by atoms with Crippen molar-refractivity contribution >= 4 is 17.4 Å². The van der Waals surface area contributed by atoms with E-state index in [-0.39, 0.29) is 11.1 Å². The van der Waals surface area contributed by atoms with Gasteiger partial charge in [0.2, 0.25) is 5.28 Å². The van der Waals surface area contributed by atoms with Crippen LogP contribution in [0.15, 0.2) is 6.20 Å². The van der Waals surface area contributed by atoms with Gasteiger partial charge in [-0.2, -0.15) is 4.98 Å². The third kappa shape index (κ3) is 4.04. The van der Waals surface area contributed by atoms with Gasteiger partial charge in [-0.25, -0.2) is 9.37 Å². The van der Waals surface area contributed by atoms with Crippen LogP contribution in [0, 0.1) is 5.82 Å². The lowest BCUT2D eigenvalue weighted by atomic mass is 10.3. The molecule has 0 aromatic carbocycles. The van der Waals surface area contributed by atoms with Gasteiger partial charge in [0.05, 0.1) is 19.4 Å². The Bertz CT molecular complexity index is 387. The standard InChI is InChI=1S/C11H16ClFN4O/c12-11-15-8-9(13)10(16-11)14-2-1-3-17-4-6-18-7-5-17/h8H,1-7H2,(H,14,15,16). The Balaban J connectivity index is 1.69. The van der Waals surface area contributed by atoms with Crippen molar-refractivity contribution in [2.75, 3.05) is 44.7 Å². The minimum atomic E-state index is -0.481. The van der Waals surface area contributed by atoms with E-state index < -0.39 is 5.82 Å². The summed E-state index contributed by atoms with van der Waals surface area (Å²) in [5.41, 5.74) is 0. The smallest absolute Gasteiger partial charge is 0.224 e. The third-order valence-corrected chi connectivity index (χ3v) is 2.94. The molecule has 0 aliphatic carbocycles. The van der Waals surface area contributed by atoms with Crippen molar-refractivity contribution in [2.45, 2.75) is 6.42 Å². The number of hydrogen-bond donors (Lipinski definition) is 1. The molecule has 1 fully saturated rings. The summed E-state index contributed by atoms with van der Waals surface area (Å²) >= 11 is 5.60. The highest BCUT2D eigenvalue weighted by atomic mass is 35.5. The van der Waals surface area contributed by atoms with Gasteiger partial charge in [0.1, 0.15) is 0 Å². The molecule has 1 saturated heterocycles. The molecular formula is C11H16ClFN4O. The number of morpholine rings is 1. The lowest BCUT2D eigenvalue weighted by Crippen LogP contribution is -2.37. The van der Waals surface area contributed by atoms with Gasteiger partial charge in [0.25, 0.3) is 0 Å². The highest BCUT2D eigenvalue weighted by Crippen LogP contribution is 2.11. The maximum absolute atomic E-state index is 13.3. The van der Waals surface area contributed by atoms with Crippen molar-refractivity contribution in [1.29, 1.82) is 0 Å². The van der Waals surface area contributed by atoms with Crippen molar-refractivity contribution < 1.29 is 9.13 Å². The quantitative estimate of drug-likeness (QED) is 0.650. The lowest BCUT2D eigenvalue weighted by molar-refractivity contribution is 0.0378. The minimum Gasteiger partial charge on any atom is -0.379 e. The lowest BCUT2D eigenvalue weighted by Gasteiger charge is -2.26. The molecule has 7 heteroatoms. The molecule has 1 aliphatic heterocycles. The minimum absolute atomic E-state index is 0.0482. The maximum atomic E-state index is 13.3. The summed E-state index contributed by atoms with van der Waals surface area (Å²) in [6, 6.07) is 0. The summed E-state index contributed by atoms with van der Waals surface area (Å²) in [6.45, 7) is 5.15. The monoisotopic (exact) mass is 274 g/mol. The van der Waals surface area contributed by atoms with Crippen molar-refractivity contribution in [3.63, 3.8) is 0 Å². The molecule has 1 aromatic heterocycles. The van der Waals surface area contributed by atoms with Gasteiger partial charge in [-0.1, -0.05) is 0 Å². The summed E-state index contributed by atoms with van der Waals surface area (Å²) in [5.74, 6) is -0.317. The van der Waals surface area contributed by atoms with E-state index in [0.717, 1.165) is 45.5 Å². The van der Waals surface area contributed by atoms with Gasteiger partial charge < -0.3 is 10.1 Å². The molecule has 0 spiro atoms. The first-order valence-corrected chi connectivity index (χ1v) is 6.35. The fourth-order valence-corrected chi connectivity index (χ4v) is 1.94. The van der Waals surface area contributed by atoms with E-state index in [1.165, 1.54) is 0 Å². The normalized spacial score (nSPS) is 16.8. The van der Waals surface area contributed by atoms with Crippen molar-refractivity contribution in [1.82, 2.24) is 14.9 Å². The maximum Gasteiger partial charge on any atom is 0.224 e. The Hall–Kier alpha value is -0.980. The van der Waals surface area contributed by atoms with E-state index in [4.69, 9.17) is 16.3 Å². The molecule has 5 nitrogen and oxygen atoms in total. The Morgan fingerprint density at radius 1 is 1.44 bits per heavy atom. The number of rotatable bonds is 5. The fourth-order valence-electron chi connectivity index (χ4n) is 1.80. The molecule has 0 amide bonds. The molecule has 1 aliphatic rings. The van der Waals surface area contributed by atoms with Crippen LogP contribution in [0.5, 0.6) is 0 Å². The van der Waals surface area contributed by atoms with Crippen LogP contribution in [0.4, 0.5) is 10.2 Å². The predicted molar refractivity (Wildman–Crippen MR) is 67.4 cm³/mol. The van der Waals surface area contributed by atoms with Gasteiger partial charge >= 0.3 is 0 Å². The number of ether oxygens (including phenoxy) is 1. The zero-order valence-electron chi connectivity index (χ0n) is 10.0. The van der Waals surface area contributed by atoms with Gasteiger partial charge in [0, 0.05) is 19.6 Å². The predicted octanol–water partition coefficient (Wildman–Crippen LogP) is 1.40. The van der Waals surface area contributed by atoms with E-state index in [1.54, 1.807) is 0 Å². The van der Waals surface area contributed by atoms with Gasteiger partial charge in [0.15, 0.2) is 11.6 Å². The topological polar surface area (TPSA) is 50.3 Å². The average molecular weight is 275 g/mol. The Morgan fingerprint density at radius 2 is 2.22 bits per heavy atom. The number of hydrogen-bond acceptors (Lipinski definition) is 5. The molecule has 18 heavy (non-hydrogen) atoms. The number of halogens is 2. The number of nitrogens with zero attached hydrogens (tertiary/aromatic N) is 3. The average Bonchev–Trinajstić information content (AvgIpc) is 2.40. The largest absolute Gasteiger partial charge is 0.379 e. The summed E-state index contributed by atoms with van der Waals surface area (Å²) in [6.07, 6.45) is 1.99. The van der Waals surface area contributed by atoms with E-state index in [1.807, 2.05) is 0 Å². The first-order chi connectivity index (χ1) is 8.75. The summed E-state index contributed by atoms with van der Waals surface area (Å²) in [5, 5.41) is 2.97. The first-order valence-electron chi connectivity index (χ1n) is 5.98. The SMILES string of the molecule is Fc1cnc(Cl)nc1NCCCN1CCOCC1. The van der Waals surface area contributed by atoms with E-state index >= 15 is 0 Å². The highest BCUT2D eigenvalue weighted by molar-refractivity contribution is 6.28. The molecule has 0 atom stereocenters. The van der Waals surface area contributed by atoms with Crippen molar-refractivity contribution in [2.24, 2.45) is 0 Å². The Kier molecular flexibility index (Phi) is 5.10. The first kappa shape index (κ1) is 13.5. The van der Waals surface area contributed by atoms with E-state index in [0.29, 0.717) is 6.54 Å². The van der Waals surface area contributed by atoms with E-state index in [2.05, 4.69) is 20.2 Å². The molecule has 1 aromatic rings. The second-order valence-corrected chi connectivity index (χ2v) is 4.41. The van der Waals surface area contributed by atoms with Gasteiger partial charge in [-0.05, 0) is 24.6 Å². The van der Waals surface area contributed by atoms with E-state index in [9.17, 15) is 4.39 Å². The zero-order chi connectivity index (χ0) is 12.8. The third-order valence-electron chi connectivity index (χ3n) is 2.76. The van der Waals surface area contributed by atoms with Gasteiger partial charge in [-0.15, -0.1) is 0 Å². The second-order valence-electron chi connectivity index (χ2n) is 4.07. The molecule has 0 radical (unpaired) electrons. The zero-order valence-corrected chi connectivity index (χ0v) is 10.8. The molecule has 0 bridgehead atoms. The molecule has 100 valence electrons. The highest BCUT2D eigenvalue weighted by Gasteiger charge is 2.10. The summed E-state index contributed by atoms with van der Waals surface area (Å²) in [7, 11) is 0. The van der Waals surface area contributed by atoms with Crippen LogP contribution >= 0.6 is 11.6 Å². The Morgan fingerprint density at radius 3 is 3.00 bits per heavy atom. The van der Waals surface area contributed by atoms with Crippen LogP contribution in [0.2, 0.25) is 5.28 Å². The Labute approximate surface area is 110 Å². The van der Waals surface area contributed by atoms with Crippen LogP contribution in [-0.4, -0.2) is 54.3 Å². The molecule has 0 saturated carbocycles. The summed E-state index contributed by atoms with van der Waals surface area (Å²) in [4.78, 5) is 9.68. The van der Waals surface area contributed by atoms with Crippen LogP contribution in [0.1, 0.15) is 6.42 Å². The number of aromatic nitrogens is 2. The summed E-state index contributed by atoms with van der Waals surface area (Å²) < 4.78 is 18.5. The molecule has 2 rings (SSSR count). The van der Waals surface area contributed by atoms with Crippen molar-refractivity contribution in [3.8, 4) is 0 Å². The van der Waals surface area contributed by atoms with Crippen LogP contribution in [0.3, 0.4) is 0 Å². The van der Waals surface area contributed by atoms with Gasteiger partial charge in [-0.3, -0.25) is 4.90 Å². The number of nitrogens with one attached hydrogen (secondary N) is 1. The molecule has 2 heterocycles. The van der Waals surface area contributed by atoms with Crippen LogP contribution in [-0.2, 0) is 4.74 Å². The fraction of sp³-hybridized carbons (Fsp3) is 0.636. The molecule has 1 N–H and O–H groups in total. The van der Waals surface area contributed by atoms with Crippen molar-refractivity contribution in [3.05, 3.63) is 17.3 Å². The molecule has 0 unspecified atom stereocenters.